The number of aryl methyl sites for hydroxylation is 5. The molecule has 0 bridgehead atoms. The van der Waals surface area contributed by atoms with Crippen LogP contribution in [-0.2, 0) is 10.8 Å². The minimum atomic E-state index is 0.00493. The molecule has 3 aliphatic heterocycles. The maximum absolute atomic E-state index is 6.47. The van der Waals surface area contributed by atoms with Crippen molar-refractivity contribution in [1.82, 2.24) is 0 Å². The second-order valence-corrected chi connectivity index (χ2v) is 19.0. The molecule has 0 N–H and O–H groups in total. The van der Waals surface area contributed by atoms with Crippen molar-refractivity contribution in [3.8, 4) is 11.5 Å². The first-order valence-electron chi connectivity index (χ1n) is 19.5. The van der Waals surface area contributed by atoms with E-state index in [1.165, 1.54) is 98.9 Å². The number of nitrogens with zero attached hydrogens (tertiary/aromatic N) is 2. The highest BCUT2D eigenvalue weighted by Gasteiger charge is 2.47. The second kappa shape index (κ2) is 12.2. The molecule has 0 unspecified atom stereocenters. The number of rotatable bonds is 2. The Balaban J connectivity index is 1.41. The number of fused-ring (bicyclic) bond motifs is 7. The molecule has 6 aromatic rings. The predicted molar refractivity (Wildman–Crippen MR) is 233 cm³/mol. The third-order valence-corrected chi connectivity index (χ3v) is 12.9. The summed E-state index contributed by atoms with van der Waals surface area (Å²) in [5.41, 5.74) is 19.3. The van der Waals surface area contributed by atoms with E-state index in [0.29, 0.717) is 13.2 Å². The van der Waals surface area contributed by atoms with Gasteiger partial charge in [-0.15, -0.1) is 11.3 Å². The molecule has 4 nitrogen and oxygen atoms in total. The van der Waals surface area contributed by atoms with Gasteiger partial charge < -0.3 is 19.3 Å². The first-order valence-corrected chi connectivity index (χ1v) is 20.4. The highest BCUT2D eigenvalue weighted by Crippen LogP contribution is 2.52. The van der Waals surface area contributed by atoms with Crippen molar-refractivity contribution in [2.24, 2.45) is 0 Å². The molecule has 0 fully saturated rings. The molecule has 9 rings (SSSR count). The Kier molecular flexibility index (Phi) is 7.90. The summed E-state index contributed by atoms with van der Waals surface area (Å²) < 4.78 is 14.2. The van der Waals surface area contributed by atoms with E-state index in [0.717, 1.165) is 17.9 Å². The van der Waals surface area contributed by atoms with Crippen molar-refractivity contribution in [1.29, 1.82) is 0 Å². The van der Waals surface area contributed by atoms with E-state index >= 15 is 0 Å². The lowest BCUT2D eigenvalue weighted by molar-refractivity contribution is 0.297. The van der Waals surface area contributed by atoms with Crippen LogP contribution in [0.4, 0.5) is 33.4 Å². The fourth-order valence-electron chi connectivity index (χ4n) is 9.20. The number of thiophene rings is 1. The average Bonchev–Trinajstić information content (AvgIpc) is 3.32. The van der Waals surface area contributed by atoms with Gasteiger partial charge in [-0.05, 0) is 130 Å². The number of hydrogen-bond acceptors (Lipinski definition) is 5. The summed E-state index contributed by atoms with van der Waals surface area (Å²) in [6.45, 7) is 26.6. The zero-order valence-electron chi connectivity index (χ0n) is 33.7. The van der Waals surface area contributed by atoms with Gasteiger partial charge in [0.25, 0.3) is 6.71 Å². The maximum Gasteiger partial charge on any atom is 0.254 e. The van der Waals surface area contributed by atoms with E-state index in [-0.39, 0.29) is 17.5 Å². The van der Waals surface area contributed by atoms with Crippen LogP contribution in [0.15, 0.2) is 72.8 Å². The average molecular weight is 731 g/mol. The lowest BCUT2D eigenvalue weighted by Gasteiger charge is -2.45. The van der Waals surface area contributed by atoms with Crippen LogP contribution < -0.4 is 35.7 Å². The topological polar surface area (TPSA) is 24.9 Å². The van der Waals surface area contributed by atoms with Crippen molar-refractivity contribution >= 4 is 78.0 Å². The third-order valence-electron chi connectivity index (χ3n) is 11.8. The quantitative estimate of drug-likeness (QED) is 0.165. The molecule has 6 heteroatoms. The standard InChI is InChI=1S/C48H51BN2O2S/c1-27-19-37-43-38(20-27)51(45-30(4)23-33(24-31(45)5)48(9,10)11)46-42(34-15-12-13-16-41(34)54-46)49(43)35-25-39-40(53-18-14-17-52-39)26-36(35)50(37)44-28(2)21-32(22-29(44)3)47(6,7)8/h12-13,15-16,19-26H,14,17-18H2,1-11H3. The van der Waals surface area contributed by atoms with Gasteiger partial charge >= 0.3 is 0 Å². The first-order chi connectivity index (χ1) is 25.6. The summed E-state index contributed by atoms with van der Waals surface area (Å²) in [7, 11) is 0. The smallest absolute Gasteiger partial charge is 0.254 e. The van der Waals surface area contributed by atoms with Gasteiger partial charge in [-0.3, -0.25) is 0 Å². The van der Waals surface area contributed by atoms with Crippen LogP contribution in [0.5, 0.6) is 11.5 Å². The lowest BCUT2D eigenvalue weighted by atomic mass is 9.33. The van der Waals surface area contributed by atoms with E-state index in [4.69, 9.17) is 9.47 Å². The Labute approximate surface area is 325 Å². The van der Waals surface area contributed by atoms with Gasteiger partial charge in [-0.25, -0.2) is 0 Å². The van der Waals surface area contributed by atoms with Gasteiger partial charge in [-0.1, -0.05) is 84.0 Å². The molecule has 0 aliphatic carbocycles. The van der Waals surface area contributed by atoms with Crippen LogP contribution in [-0.4, -0.2) is 19.9 Å². The van der Waals surface area contributed by atoms with Crippen molar-refractivity contribution in [2.45, 2.75) is 93.4 Å². The lowest BCUT2D eigenvalue weighted by Crippen LogP contribution is -2.61. The van der Waals surface area contributed by atoms with E-state index in [2.05, 4.69) is 159 Å². The van der Waals surface area contributed by atoms with Crippen LogP contribution in [0.2, 0.25) is 0 Å². The molecule has 274 valence electrons. The third kappa shape index (κ3) is 5.31. The summed E-state index contributed by atoms with van der Waals surface area (Å²) in [5.74, 6) is 1.67. The van der Waals surface area contributed by atoms with Gasteiger partial charge in [-0.2, -0.15) is 0 Å². The van der Waals surface area contributed by atoms with E-state index in [1.807, 2.05) is 11.3 Å². The largest absolute Gasteiger partial charge is 0.490 e. The summed E-state index contributed by atoms with van der Waals surface area (Å²) in [4.78, 5) is 5.18. The normalized spacial score (nSPS) is 14.9. The Morgan fingerprint density at radius 3 is 1.69 bits per heavy atom. The van der Waals surface area contributed by atoms with Crippen molar-refractivity contribution in [2.75, 3.05) is 23.0 Å². The molecule has 0 atom stereocenters. The number of hydrogen-bond donors (Lipinski definition) is 0. The minimum absolute atomic E-state index is 0.00493. The van der Waals surface area contributed by atoms with Gasteiger partial charge in [0.15, 0.2) is 11.5 Å². The Hall–Kier alpha value is -4.68. The molecule has 4 heterocycles. The molecule has 0 spiro atoms. The van der Waals surface area contributed by atoms with Crippen molar-refractivity contribution in [3.05, 3.63) is 112 Å². The summed E-state index contributed by atoms with van der Waals surface area (Å²) in [6, 6.07) is 28.1. The molecule has 1 aromatic heterocycles. The highest BCUT2D eigenvalue weighted by atomic mass is 32.1. The molecule has 5 aromatic carbocycles. The van der Waals surface area contributed by atoms with Crippen LogP contribution in [0.25, 0.3) is 10.1 Å². The molecule has 54 heavy (non-hydrogen) atoms. The number of ether oxygens (including phenoxy) is 2. The molecule has 0 radical (unpaired) electrons. The summed E-state index contributed by atoms with van der Waals surface area (Å²) >= 11 is 1.92. The molecule has 0 amide bonds. The molecular formula is C48H51BN2O2S. The van der Waals surface area contributed by atoms with Crippen LogP contribution in [0.3, 0.4) is 0 Å². The minimum Gasteiger partial charge on any atom is -0.490 e. The van der Waals surface area contributed by atoms with Crippen LogP contribution in [0.1, 0.15) is 86.9 Å². The second-order valence-electron chi connectivity index (χ2n) is 18.0. The molecule has 0 saturated carbocycles. The predicted octanol–water partition coefficient (Wildman–Crippen LogP) is 11.3. The zero-order chi connectivity index (χ0) is 38.0. The van der Waals surface area contributed by atoms with Gasteiger partial charge in [0, 0.05) is 34.2 Å². The fraction of sp³-hybridized carbons (Fsp3) is 0.333. The number of benzene rings is 5. The van der Waals surface area contributed by atoms with E-state index in [9.17, 15) is 0 Å². The van der Waals surface area contributed by atoms with Crippen LogP contribution in [0, 0.1) is 34.6 Å². The molecular weight excluding hydrogens is 679 g/mol. The number of anilines is 6. The zero-order valence-corrected chi connectivity index (χ0v) is 34.6. The van der Waals surface area contributed by atoms with Gasteiger partial charge in [0.2, 0.25) is 0 Å². The van der Waals surface area contributed by atoms with Gasteiger partial charge in [0.05, 0.1) is 29.6 Å². The Morgan fingerprint density at radius 1 is 0.593 bits per heavy atom. The Morgan fingerprint density at radius 2 is 1.11 bits per heavy atom. The molecule has 0 saturated heterocycles. The summed E-state index contributed by atoms with van der Waals surface area (Å²) in [6.07, 6.45) is 0.865. The fourth-order valence-corrected chi connectivity index (χ4v) is 10.5. The van der Waals surface area contributed by atoms with Crippen LogP contribution >= 0.6 is 11.3 Å². The van der Waals surface area contributed by atoms with Gasteiger partial charge in [0.1, 0.15) is 0 Å². The van der Waals surface area contributed by atoms with Crippen molar-refractivity contribution < 1.29 is 9.47 Å². The van der Waals surface area contributed by atoms with E-state index < -0.39 is 0 Å². The van der Waals surface area contributed by atoms with Crippen molar-refractivity contribution in [3.63, 3.8) is 0 Å². The van der Waals surface area contributed by atoms with E-state index in [1.54, 1.807) is 0 Å². The first kappa shape index (κ1) is 35.1. The highest BCUT2D eigenvalue weighted by molar-refractivity contribution is 7.26. The Bertz CT molecular complexity index is 2490. The SMILES string of the molecule is Cc1cc2c3c(c1)N(c1c(C)cc(C(C)(C)C)cc1C)c1sc4ccccc4c1B3c1cc3c(cc1N2c1c(C)cc(C(C)(C)C)cc1C)OCCCO3. The summed E-state index contributed by atoms with van der Waals surface area (Å²) in [5, 5.41) is 2.62. The maximum atomic E-state index is 6.47. The monoisotopic (exact) mass is 730 g/mol. The molecule has 3 aliphatic rings.